The second-order valence-corrected chi connectivity index (χ2v) is 11.5. The van der Waals surface area contributed by atoms with Crippen LogP contribution in [0.3, 0.4) is 0 Å². The molecule has 2 amide bonds. The van der Waals surface area contributed by atoms with Crippen molar-refractivity contribution in [2.75, 3.05) is 39.1 Å². The van der Waals surface area contributed by atoms with Crippen molar-refractivity contribution in [3.05, 3.63) is 23.5 Å². The number of ether oxygens (including phenoxy) is 1. The summed E-state index contributed by atoms with van der Waals surface area (Å²) in [6.07, 6.45) is 2.25. The molecule has 182 valence electrons. The van der Waals surface area contributed by atoms with Gasteiger partial charge in [0.2, 0.25) is 0 Å². The number of nitrogens with one attached hydrogen (secondary N) is 1. The Morgan fingerprint density at radius 3 is 2.65 bits per heavy atom. The van der Waals surface area contributed by atoms with Crippen LogP contribution in [0.5, 0.6) is 0 Å². The lowest BCUT2D eigenvalue weighted by Crippen LogP contribution is -2.65. The fourth-order valence-electron chi connectivity index (χ4n) is 4.02. The molecule has 1 aromatic heterocycles. The first-order chi connectivity index (χ1) is 16.0. The molecular weight excluding hydrogens is 467 g/mol. The Kier molecular flexibility index (Phi) is 6.21. The lowest BCUT2D eigenvalue weighted by atomic mass is 9.94. The molecule has 1 atom stereocenters. The summed E-state index contributed by atoms with van der Waals surface area (Å²) in [6, 6.07) is 1.60. The normalized spacial score (nSPS) is 21.2. The van der Waals surface area contributed by atoms with E-state index < -0.39 is 26.2 Å². The number of likely N-dealkylation sites (tertiary alicyclic amines) is 1. The van der Waals surface area contributed by atoms with Crippen LogP contribution in [-0.4, -0.2) is 95.5 Å². The number of alkyl halides is 1. The SMILES string of the molecule is CC(CCN1Cc2cc(C#CC#CC3(F)CN(C4COC4)C3)cn2C1=O)(C(=O)NO)S(C)(=O)=O. The lowest BCUT2D eigenvalue weighted by molar-refractivity contribution is -0.131. The number of nitrogens with zero attached hydrogens (tertiary/aromatic N) is 3. The van der Waals surface area contributed by atoms with Gasteiger partial charge in [-0.25, -0.2) is 23.1 Å². The zero-order chi connectivity index (χ0) is 24.7. The van der Waals surface area contributed by atoms with Crippen LogP contribution in [-0.2, 0) is 25.9 Å². The second kappa shape index (κ2) is 8.71. The highest BCUT2D eigenvalue weighted by atomic mass is 32.2. The van der Waals surface area contributed by atoms with Crippen LogP contribution < -0.4 is 5.48 Å². The van der Waals surface area contributed by atoms with Crippen LogP contribution >= 0.6 is 0 Å². The van der Waals surface area contributed by atoms with Crippen LogP contribution in [0.25, 0.3) is 0 Å². The first kappa shape index (κ1) is 24.2. The summed E-state index contributed by atoms with van der Waals surface area (Å²) in [6.45, 7) is 3.17. The van der Waals surface area contributed by atoms with Crippen LogP contribution in [0, 0.1) is 23.7 Å². The van der Waals surface area contributed by atoms with E-state index in [1.54, 1.807) is 6.07 Å². The van der Waals surface area contributed by atoms with E-state index in [1.807, 2.05) is 4.90 Å². The van der Waals surface area contributed by atoms with E-state index >= 15 is 0 Å². The standard InChI is InChI=1S/C22H25FN4O6S/c1-21(19(28)24-30,34(2,31)32)7-8-25-11-17-9-16(10-27(17)20(25)29)5-3-4-6-22(23)14-26(15-22)18-12-33-13-18/h9-10,18,30H,7-8,11-15H2,1-2H3,(H,24,28). The van der Waals surface area contributed by atoms with Crippen molar-refractivity contribution in [3.63, 3.8) is 0 Å². The average molecular weight is 493 g/mol. The maximum Gasteiger partial charge on any atom is 0.328 e. The molecule has 0 aliphatic carbocycles. The van der Waals surface area contributed by atoms with Crippen molar-refractivity contribution < 1.29 is 32.3 Å². The van der Waals surface area contributed by atoms with Gasteiger partial charge in [0.1, 0.15) is 0 Å². The quantitative estimate of drug-likeness (QED) is 0.319. The predicted molar refractivity (Wildman–Crippen MR) is 118 cm³/mol. The molecule has 2 fully saturated rings. The second-order valence-electron chi connectivity index (χ2n) is 9.05. The monoisotopic (exact) mass is 492 g/mol. The number of hydrogen-bond donors (Lipinski definition) is 2. The Hall–Kier alpha value is -2.90. The molecule has 3 aliphatic rings. The minimum atomic E-state index is -3.86. The number of hydrogen-bond acceptors (Lipinski definition) is 7. The van der Waals surface area contributed by atoms with Crippen molar-refractivity contribution in [1.29, 1.82) is 0 Å². The Bertz CT molecular complexity index is 1240. The average Bonchev–Trinajstić information content (AvgIpc) is 3.24. The molecule has 0 saturated carbocycles. The molecule has 3 aliphatic heterocycles. The highest BCUT2D eigenvalue weighted by Crippen LogP contribution is 2.29. The molecule has 4 heterocycles. The predicted octanol–water partition coefficient (Wildman–Crippen LogP) is -0.252. The van der Waals surface area contributed by atoms with Gasteiger partial charge >= 0.3 is 6.03 Å². The third-order valence-corrected chi connectivity index (χ3v) is 8.61. The number of halogens is 1. The minimum absolute atomic E-state index is 0.00737. The van der Waals surface area contributed by atoms with Gasteiger partial charge in [0.05, 0.1) is 25.8 Å². The first-order valence-corrected chi connectivity index (χ1v) is 12.5. The molecule has 0 spiro atoms. The van der Waals surface area contributed by atoms with E-state index in [2.05, 4.69) is 23.7 Å². The van der Waals surface area contributed by atoms with Crippen molar-refractivity contribution in [2.45, 2.75) is 36.3 Å². The fraction of sp³-hybridized carbons (Fsp3) is 0.545. The lowest BCUT2D eigenvalue weighted by Gasteiger charge is -2.48. The van der Waals surface area contributed by atoms with Crippen molar-refractivity contribution in [3.8, 4) is 23.7 Å². The number of carbonyl (C=O) groups is 2. The van der Waals surface area contributed by atoms with Gasteiger partial charge < -0.3 is 9.64 Å². The van der Waals surface area contributed by atoms with Crippen LogP contribution in [0.15, 0.2) is 12.3 Å². The molecule has 2 saturated heterocycles. The molecule has 4 rings (SSSR count). The molecule has 1 aromatic rings. The molecular formula is C22H25FN4O6S. The maximum absolute atomic E-state index is 14.5. The van der Waals surface area contributed by atoms with Gasteiger partial charge in [-0.2, -0.15) is 0 Å². The largest absolute Gasteiger partial charge is 0.378 e. The third-order valence-electron chi connectivity index (χ3n) is 6.59. The molecule has 2 N–H and O–H groups in total. The summed E-state index contributed by atoms with van der Waals surface area (Å²) in [5, 5.41) is 8.92. The van der Waals surface area contributed by atoms with Crippen molar-refractivity contribution in [2.24, 2.45) is 0 Å². The molecule has 0 aromatic carbocycles. The number of aromatic nitrogens is 1. The van der Waals surface area contributed by atoms with Crippen molar-refractivity contribution in [1.82, 2.24) is 19.8 Å². The molecule has 0 bridgehead atoms. The van der Waals surface area contributed by atoms with Gasteiger partial charge in [-0.3, -0.25) is 19.5 Å². The molecule has 0 radical (unpaired) electrons. The maximum atomic E-state index is 14.5. The van der Waals surface area contributed by atoms with Crippen LogP contribution in [0.2, 0.25) is 0 Å². The number of fused-ring (bicyclic) bond motifs is 1. The highest BCUT2D eigenvalue weighted by Gasteiger charge is 2.47. The van der Waals surface area contributed by atoms with Gasteiger partial charge in [-0.05, 0) is 37.2 Å². The third kappa shape index (κ3) is 4.42. The Morgan fingerprint density at radius 2 is 2.09 bits per heavy atom. The number of amides is 2. The highest BCUT2D eigenvalue weighted by molar-refractivity contribution is 7.92. The molecule has 12 heteroatoms. The van der Waals surface area contributed by atoms with Gasteiger partial charge in [-0.1, -0.05) is 5.92 Å². The van der Waals surface area contributed by atoms with E-state index in [9.17, 15) is 22.4 Å². The van der Waals surface area contributed by atoms with Gasteiger partial charge in [0.15, 0.2) is 20.3 Å². The summed E-state index contributed by atoms with van der Waals surface area (Å²) < 4.78 is 43.3. The number of carbonyl (C=O) groups excluding carboxylic acids is 2. The zero-order valence-electron chi connectivity index (χ0n) is 18.8. The van der Waals surface area contributed by atoms with E-state index in [0.717, 1.165) is 6.26 Å². The van der Waals surface area contributed by atoms with E-state index in [4.69, 9.17) is 9.94 Å². The van der Waals surface area contributed by atoms with E-state index in [0.29, 0.717) is 24.5 Å². The summed E-state index contributed by atoms with van der Waals surface area (Å²) in [4.78, 5) is 28.0. The number of sulfone groups is 1. The summed E-state index contributed by atoms with van der Waals surface area (Å²) in [5.41, 5.74) is 1.03. The molecule has 1 unspecified atom stereocenters. The van der Waals surface area contributed by atoms with E-state index in [1.165, 1.54) is 28.1 Å². The molecule has 10 nitrogen and oxygen atoms in total. The van der Waals surface area contributed by atoms with E-state index in [-0.39, 0.29) is 44.7 Å². The van der Waals surface area contributed by atoms with Gasteiger partial charge in [0.25, 0.3) is 5.91 Å². The minimum Gasteiger partial charge on any atom is -0.378 e. The zero-order valence-corrected chi connectivity index (χ0v) is 19.6. The van der Waals surface area contributed by atoms with Gasteiger partial charge in [0, 0.05) is 43.3 Å². The smallest absolute Gasteiger partial charge is 0.328 e. The summed E-state index contributed by atoms with van der Waals surface area (Å²) in [7, 11) is -3.86. The fourth-order valence-corrected chi connectivity index (χ4v) is 4.86. The topological polar surface area (TPSA) is 121 Å². The van der Waals surface area contributed by atoms with Crippen molar-refractivity contribution >= 4 is 21.8 Å². The molecule has 34 heavy (non-hydrogen) atoms. The number of hydroxylamine groups is 1. The Labute approximate surface area is 196 Å². The first-order valence-electron chi connectivity index (χ1n) is 10.6. The number of rotatable bonds is 6. The summed E-state index contributed by atoms with van der Waals surface area (Å²) >= 11 is 0. The Balaban J connectivity index is 1.34. The Morgan fingerprint density at radius 1 is 1.38 bits per heavy atom. The van der Waals surface area contributed by atoms with Gasteiger partial charge in [-0.15, -0.1) is 0 Å². The van der Waals surface area contributed by atoms with Crippen LogP contribution in [0.4, 0.5) is 9.18 Å². The summed E-state index contributed by atoms with van der Waals surface area (Å²) in [5.74, 6) is 9.51. The van der Waals surface area contributed by atoms with Crippen LogP contribution in [0.1, 0.15) is 24.6 Å².